The Labute approximate surface area is 290 Å². The molecule has 10 nitrogen and oxygen atoms in total. The number of carbonyl (C=O) groups is 1. The van der Waals surface area contributed by atoms with Crippen LogP contribution in [0.4, 0.5) is 4.39 Å². The molecule has 1 fully saturated rings. The third-order valence-electron chi connectivity index (χ3n) is 10.1. The average molecular weight is 678 g/mol. The van der Waals surface area contributed by atoms with E-state index in [-0.39, 0.29) is 23.0 Å². The van der Waals surface area contributed by atoms with Crippen molar-refractivity contribution >= 4 is 16.9 Å². The largest absolute Gasteiger partial charge is 0.348 e. The lowest BCUT2D eigenvalue weighted by Gasteiger charge is -2.30. The Hall–Kier alpha value is -4.90. The molecular weight excluding hydrogens is 633 g/mol. The first-order valence-electron chi connectivity index (χ1n) is 18.0. The number of imidazole rings is 1. The summed E-state index contributed by atoms with van der Waals surface area (Å²) in [5, 5.41) is 6.65. The fourth-order valence-electron chi connectivity index (χ4n) is 7.37. The van der Waals surface area contributed by atoms with Crippen molar-refractivity contribution in [1.82, 2.24) is 34.3 Å². The van der Waals surface area contributed by atoms with Gasteiger partial charge < -0.3 is 15.2 Å². The lowest BCUT2D eigenvalue weighted by molar-refractivity contribution is 0.0917. The van der Waals surface area contributed by atoms with Gasteiger partial charge in [0, 0.05) is 37.8 Å². The molecule has 260 valence electrons. The molecule has 2 aliphatic rings. The van der Waals surface area contributed by atoms with Gasteiger partial charge >= 0.3 is 5.69 Å². The Kier molecular flexibility index (Phi) is 10.0. The third-order valence-corrected chi connectivity index (χ3v) is 10.1. The van der Waals surface area contributed by atoms with Crippen molar-refractivity contribution in [2.75, 3.05) is 6.54 Å². The van der Waals surface area contributed by atoms with Crippen molar-refractivity contribution in [3.63, 3.8) is 0 Å². The van der Waals surface area contributed by atoms with Gasteiger partial charge in [0.1, 0.15) is 17.3 Å². The van der Waals surface area contributed by atoms with E-state index in [1.807, 2.05) is 24.4 Å². The zero-order chi connectivity index (χ0) is 34.6. The number of unbranched alkanes of at least 4 members (excludes halogenated alkanes) is 2. The Balaban J connectivity index is 1.12. The number of benzene rings is 2. The molecule has 0 atom stereocenters. The van der Waals surface area contributed by atoms with Crippen molar-refractivity contribution in [2.45, 2.75) is 96.3 Å². The average Bonchev–Trinajstić information content (AvgIpc) is 3.58. The smallest absolute Gasteiger partial charge is 0.337 e. The first-order chi connectivity index (χ1) is 24.4. The number of fused-ring (bicyclic) bond motifs is 2. The van der Waals surface area contributed by atoms with Crippen LogP contribution in [0.5, 0.6) is 0 Å². The van der Waals surface area contributed by atoms with Crippen molar-refractivity contribution < 1.29 is 9.18 Å². The molecule has 0 spiro atoms. The molecule has 0 bridgehead atoms. The lowest BCUT2D eigenvalue weighted by atomic mass is 9.90. The van der Waals surface area contributed by atoms with Gasteiger partial charge in [-0.05, 0) is 86.4 Å². The summed E-state index contributed by atoms with van der Waals surface area (Å²) in [5.74, 6) is 0.107. The summed E-state index contributed by atoms with van der Waals surface area (Å²) in [6.45, 7) is 4.87. The molecule has 2 N–H and O–H groups in total. The number of pyridine rings is 1. The van der Waals surface area contributed by atoms with Gasteiger partial charge in [-0.2, -0.15) is 0 Å². The van der Waals surface area contributed by atoms with E-state index in [0.717, 1.165) is 74.5 Å². The number of aryl methyl sites for hydroxylation is 2. The summed E-state index contributed by atoms with van der Waals surface area (Å²) in [6, 6.07) is 16.5. The Morgan fingerprint density at radius 2 is 1.80 bits per heavy atom. The van der Waals surface area contributed by atoms with Crippen LogP contribution < -0.4 is 21.9 Å². The molecule has 1 amide bonds. The highest BCUT2D eigenvalue weighted by Crippen LogP contribution is 2.29. The molecular formula is C39H44FN7O3. The highest BCUT2D eigenvalue weighted by Gasteiger charge is 2.29. The van der Waals surface area contributed by atoms with Gasteiger partial charge in [-0.15, -0.1) is 0 Å². The van der Waals surface area contributed by atoms with Crippen LogP contribution in [0.1, 0.15) is 92.6 Å². The third kappa shape index (κ3) is 7.05. The zero-order valence-electron chi connectivity index (χ0n) is 28.5. The Morgan fingerprint density at radius 1 is 0.980 bits per heavy atom. The number of hydrogen-bond acceptors (Lipinski definition) is 6. The monoisotopic (exact) mass is 677 g/mol. The van der Waals surface area contributed by atoms with E-state index in [9.17, 15) is 18.8 Å². The minimum Gasteiger partial charge on any atom is -0.348 e. The zero-order valence-corrected chi connectivity index (χ0v) is 28.5. The van der Waals surface area contributed by atoms with Crippen molar-refractivity contribution in [1.29, 1.82) is 0 Å². The van der Waals surface area contributed by atoms with Crippen LogP contribution in [-0.2, 0) is 19.5 Å². The Morgan fingerprint density at radius 3 is 2.58 bits per heavy atom. The number of halogens is 1. The van der Waals surface area contributed by atoms with Crippen LogP contribution in [0.3, 0.4) is 0 Å². The van der Waals surface area contributed by atoms with Gasteiger partial charge in [0.2, 0.25) is 0 Å². The van der Waals surface area contributed by atoms with E-state index in [0.29, 0.717) is 37.1 Å². The maximum absolute atomic E-state index is 14.5. The number of carbonyl (C=O) groups excluding carboxylic acids is 1. The molecule has 5 aromatic rings. The van der Waals surface area contributed by atoms with Crippen LogP contribution in [-0.4, -0.2) is 42.2 Å². The summed E-state index contributed by atoms with van der Waals surface area (Å²) >= 11 is 0. The van der Waals surface area contributed by atoms with E-state index in [1.165, 1.54) is 27.5 Å². The van der Waals surface area contributed by atoms with Crippen LogP contribution in [0.25, 0.3) is 27.8 Å². The summed E-state index contributed by atoms with van der Waals surface area (Å²) in [6.07, 6.45) is 11.7. The van der Waals surface area contributed by atoms with E-state index in [2.05, 4.69) is 56.4 Å². The van der Waals surface area contributed by atoms with Crippen LogP contribution in [0.2, 0.25) is 0 Å². The summed E-state index contributed by atoms with van der Waals surface area (Å²) in [5.41, 5.74) is 3.09. The van der Waals surface area contributed by atoms with Crippen LogP contribution in [0, 0.1) is 5.82 Å². The number of amides is 1. The van der Waals surface area contributed by atoms with Gasteiger partial charge in [-0.1, -0.05) is 56.2 Å². The number of nitrogens with zero attached hydrogens (tertiary/aromatic N) is 5. The fraction of sp³-hybridized carbons (Fsp3) is 0.410. The standard InChI is InChI=1S/C39H44FN7O3/c1-2-3-5-19-41-23-26-11-13-27(14-12-26)28-8-7-9-32(21-28)46-36-33(22-29(40)24-42-36)38(49)47(39(46)50)31-17-15-30(16-18-31)43-37(48)34-25-45-20-6-4-10-35(45)44-34/h7-9,11-14,21-22,24-25,30-31,41H,2-6,10,15-20,23H2,1H3,(H,43,48)/t30-,31+. The molecule has 0 unspecified atom stereocenters. The van der Waals surface area contributed by atoms with Crippen molar-refractivity contribution in [2.24, 2.45) is 0 Å². The number of aromatic nitrogens is 5. The number of nitrogens with one attached hydrogen (secondary N) is 2. The predicted molar refractivity (Wildman–Crippen MR) is 192 cm³/mol. The first kappa shape index (κ1) is 33.6. The first-order valence-corrected chi connectivity index (χ1v) is 18.0. The van der Waals surface area contributed by atoms with E-state index < -0.39 is 23.1 Å². The molecule has 50 heavy (non-hydrogen) atoms. The second kappa shape index (κ2) is 14.9. The summed E-state index contributed by atoms with van der Waals surface area (Å²) in [7, 11) is 0. The minimum atomic E-state index is -0.646. The number of rotatable bonds is 11. The second-order valence-corrected chi connectivity index (χ2v) is 13.6. The Bertz CT molecular complexity index is 2090. The normalized spacial score (nSPS) is 17.5. The molecule has 1 saturated carbocycles. The molecule has 11 heteroatoms. The quantitative estimate of drug-likeness (QED) is 0.164. The molecule has 3 aromatic heterocycles. The predicted octanol–water partition coefficient (Wildman–Crippen LogP) is 6.08. The fourth-order valence-corrected chi connectivity index (χ4v) is 7.37. The van der Waals surface area contributed by atoms with Crippen molar-refractivity contribution in [3.8, 4) is 16.8 Å². The van der Waals surface area contributed by atoms with Gasteiger partial charge in [0.05, 0.1) is 17.3 Å². The molecule has 0 saturated heterocycles. The minimum absolute atomic E-state index is 0.0463. The van der Waals surface area contributed by atoms with Crippen molar-refractivity contribution in [3.05, 3.63) is 111 Å². The maximum atomic E-state index is 14.5. The van der Waals surface area contributed by atoms with E-state index in [4.69, 9.17) is 0 Å². The molecule has 4 heterocycles. The molecule has 7 rings (SSSR count). The summed E-state index contributed by atoms with van der Waals surface area (Å²) < 4.78 is 19.3. The highest BCUT2D eigenvalue weighted by atomic mass is 19.1. The SMILES string of the molecule is CCCCCNCc1ccc(-c2cccc(-n3c(=O)n([C@H]4CC[C@@H](NC(=O)c5cn6c(n5)CCCC6)CC4)c(=O)c4cc(F)cnc43)c2)cc1. The number of hydrogen-bond donors (Lipinski definition) is 2. The van der Waals surface area contributed by atoms with Crippen LogP contribution >= 0.6 is 0 Å². The molecule has 2 aromatic carbocycles. The van der Waals surface area contributed by atoms with Gasteiger partial charge in [0.15, 0.2) is 5.65 Å². The van der Waals surface area contributed by atoms with Gasteiger partial charge in [-0.25, -0.2) is 23.7 Å². The van der Waals surface area contributed by atoms with Gasteiger partial charge in [-0.3, -0.25) is 14.2 Å². The second-order valence-electron chi connectivity index (χ2n) is 13.6. The van der Waals surface area contributed by atoms with E-state index in [1.54, 1.807) is 6.07 Å². The lowest BCUT2D eigenvalue weighted by Crippen LogP contribution is -2.45. The molecule has 1 aliphatic heterocycles. The topological polar surface area (TPSA) is 116 Å². The van der Waals surface area contributed by atoms with E-state index >= 15 is 0 Å². The maximum Gasteiger partial charge on any atom is 0.337 e. The molecule has 0 radical (unpaired) electrons. The highest BCUT2D eigenvalue weighted by molar-refractivity contribution is 5.92. The van der Waals surface area contributed by atoms with Gasteiger partial charge in [0.25, 0.3) is 11.5 Å². The van der Waals surface area contributed by atoms with Crippen LogP contribution in [0.15, 0.2) is 76.6 Å². The molecule has 1 aliphatic carbocycles. The summed E-state index contributed by atoms with van der Waals surface area (Å²) in [4.78, 5) is 50.0.